The van der Waals surface area contributed by atoms with Gasteiger partial charge in [0.15, 0.2) is 0 Å². The summed E-state index contributed by atoms with van der Waals surface area (Å²) in [6.45, 7) is 0. The molecule has 0 saturated heterocycles. The van der Waals surface area contributed by atoms with E-state index in [9.17, 15) is 0 Å². The second kappa shape index (κ2) is 6.65. The number of para-hydroxylation sites is 1. The Labute approximate surface area is 100 Å². The summed E-state index contributed by atoms with van der Waals surface area (Å²) < 4.78 is 0. The molecule has 0 N–H and O–H groups in total. The molecule has 1 heterocycles. The number of hydrogen-bond acceptors (Lipinski definition) is 1. The van der Waals surface area contributed by atoms with Crippen LogP contribution in [0.25, 0.3) is 10.9 Å². The van der Waals surface area contributed by atoms with Gasteiger partial charge < -0.3 is 0 Å². The van der Waals surface area contributed by atoms with Crippen LogP contribution < -0.4 is 0 Å². The molecule has 0 fully saturated rings. The molecule has 0 spiro atoms. The first-order chi connectivity index (χ1) is 6.70. The minimum atomic E-state index is -1.92. The van der Waals surface area contributed by atoms with Crippen LogP contribution in [0.1, 0.15) is 0 Å². The van der Waals surface area contributed by atoms with Crippen molar-refractivity contribution >= 4 is 38.8 Å². The van der Waals surface area contributed by atoms with Gasteiger partial charge in [0.1, 0.15) is 0 Å². The van der Waals surface area contributed by atoms with E-state index in [2.05, 4.69) is 11.1 Å². The van der Waals surface area contributed by atoms with E-state index >= 15 is 0 Å². The van der Waals surface area contributed by atoms with Crippen LogP contribution in [0.5, 0.6) is 0 Å². The Morgan fingerprint density at radius 2 is 1.79 bits per heavy atom. The Morgan fingerprint density at radius 3 is 2.43 bits per heavy atom. The zero-order valence-electron chi connectivity index (χ0n) is 7.05. The number of rotatable bonds is 0. The molecule has 1 nitrogen and oxygen atoms in total. The van der Waals surface area contributed by atoms with Gasteiger partial charge in [-0.1, -0.05) is 24.4 Å². The fraction of sp³-hybridized carbons (Fsp3) is 0. The summed E-state index contributed by atoms with van der Waals surface area (Å²) in [4.78, 5) is 4.13. The first-order valence-corrected chi connectivity index (χ1v) is 10.2. The van der Waals surface area contributed by atoms with Gasteiger partial charge in [-0.05, 0) is 5.52 Å². The van der Waals surface area contributed by atoms with E-state index in [4.69, 9.17) is 27.9 Å². The van der Waals surface area contributed by atoms with Crippen molar-refractivity contribution in [2.75, 3.05) is 0 Å². The quantitative estimate of drug-likeness (QED) is 0.523. The van der Waals surface area contributed by atoms with E-state index in [1.165, 1.54) is 0 Å². The van der Waals surface area contributed by atoms with Crippen molar-refractivity contribution in [2.24, 2.45) is 0 Å². The predicted octanol–water partition coefficient (Wildman–Crippen LogP) is 4.10. The standard InChI is InChI=1S/C9H6N.3ClH.Ti/c1-2-6-9-8(4-1)5-3-7-10-9;;;;/h1-2,4-7H;3*1H;/q-1;;;;+4/p-3. The normalized spacial score (nSPS) is 9.07. The summed E-state index contributed by atoms with van der Waals surface area (Å²) in [5.41, 5.74) is 1.03. The zero-order valence-corrected chi connectivity index (χ0v) is 10.9. The molecule has 1 aromatic carbocycles. The number of benzene rings is 1. The Hall–Kier alpha value is 0.214. The maximum atomic E-state index is 4.97. The van der Waals surface area contributed by atoms with Crippen LogP contribution in [0.15, 0.2) is 36.5 Å². The molecule has 0 atom stereocenters. The van der Waals surface area contributed by atoms with Gasteiger partial charge in [-0.15, -0.1) is 11.5 Å². The topological polar surface area (TPSA) is 12.9 Å². The molecule has 2 aromatic rings. The largest absolute Gasteiger partial charge is 0.296 e. The third-order valence-corrected chi connectivity index (χ3v) is 1.45. The molecule has 0 aliphatic carbocycles. The van der Waals surface area contributed by atoms with E-state index in [1.807, 2.05) is 30.3 Å². The van der Waals surface area contributed by atoms with Gasteiger partial charge in [-0.3, -0.25) is 4.98 Å². The zero-order chi connectivity index (χ0) is 10.4. The second-order valence-electron chi connectivity index (χ2n) is 2.34. The SMILES string of the molecule is [Cl][Ti+]([Cl])[Cl].[c-]1cnc2ccccc2c1. The van der Waals surface area contributed by atoms with E-state index in [0.29, 0.717) is 0 Å². The van der Waals surface area contributed by atoms with Gasteiger partial charge in [0.2, 0.25) is 0 Å². The number of hydrogen-bond donors (Lipinski definition) is 0. The molecule has 0 bridgehead atoms. The molecule has 2 rings (SSSR count). The third kappa shape index (κ3) is 4.63. The van der Waals surface area contributed by atoms with E-state index < -0.39 is 14.7 Å². The maximum Gasteiger partial charge on any atom is -0.0124 e. The van der Waals surface area contributed by atoms with Crippen LogP contribution in [0.2, 0.25) is 0 Å². The summed E-state index contributed by atoms with van der Waals surface area (Å²) in [5.74, 6) is 0. The van der Waals surface area contributed by atoms with Gasteiger partial charge >= 0.3 is 42.6 Å². The van der Waals surface area contributed by atoms with Crippen molar-refractivity contribution < 1.29 is 14.7 Å². The molecule has 0 aliphatic heterocycles. The maximum absolute atomic E-state index is 4.97. The Kier molecular flexibility index (Phi) is 5.84. The van der Waals surface area contributed by atoms with E-state index in [-0.39, 0.29) is 0 Å². The monoisotopic (exact) mass is 281 g/mol. The number of halogens is 3. The Morgan fingerprint density at radius 1 is 1.14 bits per heavy atom. The molecule has 0 aliphatic rings. The first-order valence-electron chi connectivity index (χ1n) is 3.74. The third-order valence-electron chi connectivity index (χ3n) is 1.45. The minimum absolute atomic E-state index is 1.03. The van der Waals surface area contributed by atoms with Gasteiger partial charge in [-0.2, -0.15) is 0 Å². The minimum Gasteiger partial charge on any atom is -0.296 e. The fourth-order valence-corrected chi connectivity index (χ4v) is 0.961. The molecular weight excluding hydrogens is 276 g/mol. The summed E-state index contributed by atoms with van der Waals surface area (Å²) in [5, 5.41) is 1.14. The number of nitrogens with zero attached hydrogens (tertiary/aromatic N) is 1. The van der Waals surface area contributed by atoms with Crippen molar-refractivity contribution in [3.8, 4) is 0 Å². The molecule has 0 amide bonds. The summed E-state index contributed by atoms with van der Waals surface area (Å²) in [7, 11) is 14.9. The number of aromatic nitrogens is 1. The van der Waals surface area contributed by atoms with Gasteiger partial charge in [-0.25, -0.2) is 12.1 Å². The van der Waals surface area contributed by atoms with E-state index in [0.717, 1.165) is 10.9 Å². The Bertz CT molecular complexity index is 326. The van der Waals surface area contributed by atoms with Crippen LogP contribution in [0.4, 0.5) is 0 Å². The van der Waals surface area contributed by atoms with Gasteiger partial charge in [0, 0.05) is 0 Å². The molecule has 0 unspecified atom stereocenters. The fourth-order valence-electron chi connectivity index (χ4n) is 0.961. The molecule has 5 heteroatoms. The average Bonchev–Trinajstić information content (AvgIpc) is 2.17. The smallest absolute Gasteiger partial charge is 0.0124 e. The van der Waals surface area contributed by atoms with Crippen molar-refractivity contribution in [2.45, 2.75) is 0 Å². The molecule has 0 radical (unpaired) electrons. The number of pyridine rings is 1. The van der Waals surface area contributed by atoms with Gasteiger partial charge in [0.05, 0.1) is 0 Å². The average molecular weight is 282 g/mol. The van der Waals surface area contributed by atoms with Crippen LogP contribution >= 0.6 is 27.9 Å². The van der Waals surface area contributed by atoms with Crippen molar-refractivity contribution in [3.63, 3.8) is 0 Å². The first kappa shape index (κ1) is 12.3. The van der Waals surface area contributed by atoms with Crippen molar-refractivity contribution in [1.82, 2.24) is 4.98 Å². The second-order valence-corrected chi connectivity index (χ2v) is 10.1. The van der Waals surface area contributed by atoms with Crippen LogP contribution in [-0.2, 0) is 14.7 Å². The van der Waals surface area contributed by atoms with Crippen LogP contribution in [-0.4, -0.2) is 4.98 Å². The van der Waals surface area contributed by atoms with Crippen LogP contribution in [0, 0.1) is 6.07 Å². The van der Waals surface area contributed by atoms with Crippen molar-refractivity contribution in [3.05, 3.63) is 42.6 Å². The summed E-state index contributed by atoms with van der Waals surface area (Å²) in [6, 6.07) is 12.9. The summed E-state index contributed by atoms with van der Waals surface area (Å²) >= 11 is -1.92. The van der Waals surface area contributed by atoms with E-state index in [1.54, 1.807) is 6.20 Å². The molecule has 72 valence electrons. The van der Waals surface area contributed by atoms with Gasteiger partial charge in [0.25, 0.3) is 0 Å². The van der Waals surface area contributed by atoms with Crippen molar-refractivity contribution in [1.29, 1.82) is 0 Å². The predicted molar refractivity (Wildman–Crippen MR) is 58.1 cm³/mol. The number of fused-ring (bicyclic) bond motifs is 1. The molecule has 1 aromatic heterocycles. The molecular formula is C9H6Cl3NTi. The van der Waals surface area contributed by atoms with Crippen LogP contribution in [0.3, 0.4) is 0 Å². The Balaban J connectivity index is 0.000000213. The summed E-state index contributed by atoms with van der Waals surface area (Å²) in [6.07, 6.45) is 1.68. The molecule has 0 saturated carbocycles. The molecule has 14 heavy (non-hydrogen) atoms.